The number of hydrogen-bond donors (Lipinski definition) is 1. The molecule has 3 amide bonds. The van der Waals surface area contributed by atoms with Crippen LogP contribution in [0.4, 0.5) is 5.69 Å². The van der Waals surface area contributed by atoms with Gasteiger partial charge in [0.25, 0.3) is 11.8 Å². The van der Waals surface area contributed by atoms with Crippen LogP contribution in [0.2, 0.25) is 0 Å². The summed E-state index contributed by atoms with van der Waals surface area (Å²) in [7, 11) is 0. The number of nitrogens with zero attached hydrogens (tertiary/aromatic N) is 4. The molecule has 0 aliphatic carbocycles. The summed E-state index contributed by atoms with van der Waals surface area (Å²) < 4.78 is 1.92. The molecule has 0 spiro atoms. The molecule has 0 atom stereocenters. The Balaban J connectivity index is 1.32. The number of thioether (sulfide) groups is 1. The average molecular weight is 540 g/mol. The minimum Gasteiger partial charge on any atom is -0.356 e. The van der Waals surface area contributed by atoms with E-state index in [1.165, 1.54) is 18.7 Å². The summed E-state index contributed by atoms with van der Waals surface area (Å²) in [6, 6.07) is 22.9. The zero-order valence-corrected chi connectivity index (χ0v) is 22.0. The highest BCUT2D eigenvalue weighted by Gasteiger charge is 2.36. The van der Waals surface area contributed by atoms with Crippen LogP contribution in [0.1, 0.15) is 50.2 Å². The second-order valence-electron chi connectivity index (χ2n) is 8.91. The number of Topliss-reactive ketones (excluding diaryl/α,β-unsaturated/α-hetero) is 1. The number of fused-ring (bicyclic) bond motifs is 1. The minimum atomic E-state index is -0.406. The molecule has 1 N–H and O–H groups in total. The molecule has 0 radical (unpaired) electrons. The van der Waals surface area contributed by atoms with Crippen molar-refractivity contribution in [1.29, 1.82) is 0 Å². The van der Waals surface area contributed by atoms with Gasteiger partial charge in [-0.05, 0) is 42.8 Å². The summed E-state index contributed by atoms with van der Waals surface area (Å²) >= 11 is 1.26. The van der Waals surface area contributed by atoms with Gasteiger partial charge in [0, 0.05) is 31.1 Å². The Morgan fingerprint density at radius 2 is 1.51 bits per heavy atom. The lowest BCUT2D eigenvalue weighted by atomic mass is 10.1. The first kappa shape index (κ1) is 26.1. The first-order valence-electron chi connectivity index (χ1n) is 12.4. The summed E-state index contributed by atoms with van der Waals surface area (Å²) in [5.41, 5.74) is 2.31. The number of aryl methyl sites for hydroxylation is 1. The van der Waals surface area contributed by atoms with Crippen LogP contribution in [-0.2, 0) is 11.2 Å². The van der Waals surface area contributed by atoms with Crippen molar-refractivity contribution >= 4 is 41.0 Å². The highest BCUT2D eigenvalue weighted by Crippen LogP contribution is 2.29. The first-order valence-corrected chi connectivity index (χ1v) is 13.4. The van der Waals surface area contributed by atoms with Crippen molar-refractivity contribution in [2.24, 2.45) is 0 Å². The highest BCUT2D eigenvalue weighted by atomic mass is 32.2. The molecular formula is C29H25N5O4S. The third-order valence-electron chi connectivity index (χ3n) is 6.22. The summed E-state index contributed by atoms with van der Waals surface area (Å²) in [5.74, 6) is -0.250. The normalized spacial score (nSPS) is 12.5. The molecule has 0 fully saturated rings. The van der Waals surface area contributed by atoms with Crippen LogP contribution >= 0.6 is 11.8 Å². The minimum absolute atomic E-state index is 0.0821. The Kier molecular flexibility index (Phi) is 7.64. The largest absolute Gasteiger partial charge is 0.356 e. The fourth-order valence-electron chi connectivity index (χ4n) is 4.36. The number of para-hydroxylation sites is 1. The summed E-state index contributed by atoms with van der Waals surface area (Å²) in [6.07, 6.45) is 1.29. The fourth-order valence-corrected chi connectivity index (χ4v) is 5.22. The van der Waals surface area contributed by atoms with Crippen molar-refractivity contribution in [2.75, 3.05) is 17.2 Å². The zero-order chi connectivity index (χ0) is 27.4. The second-order valence-corrected chi connectivity index (χ2v) is 9.85. The number of carbonyl (C=O) groups is 4. The number of nitrogens with one attached hydrogen (secondary N) is 1. The number of imide groups is 1. The Bertz CT molecular complexity index is 1530. The standard InChI is InChI=1S/C29H25N5O4S/c1-19(35)30-16-8-15-26-31-32-29(33(26)21-10-3-2-4-11-21)39-18-25(36)20-9-7-12-22(17-20)34-27(37)23-13-5-6-14-24(23)28(34)38/h2-7,9-14,17H,8,15-16,18H2,1H3,(H,30,35). The molecule has 196 valence electrons. The number of carbonyl (C=O) groups excluding carboxylic acids is 4. The molecule has 5 rings (SSSR count). The second kappa shape index (κ2) is 11.4. The molecule has 1 aromatic heterocycles. The van der Waals surface area contributed by atoms with Gasteiger partial charge in [-0.3, -0.25) is 23.7 Å². The van der Waals surface area contributed by atoms with E-state index < -0.39 is 11.8 Å². The molecule has 4 aromatic rings. The van der Waals surface area contributed by atoms with Crippen LogP contribution in [0.3, 0.4) is 0 Å². The van der Waals surface area contributed by atoms with E-state index in [2.05, 4.69) is 15.5 Å². The van der Waals surface area contributed by atoms with Crippen molar-refractivity contribution in [2.45, 2.75) is 24.9 Å². The van der Waals surface area contributed by atoms with E-state index in [0.29, 0.717) is 46.9 Å². The maximum absolute atomic E-state index is 13.2. The molecule has 3 aromatic carbocycles. The number of anilines is 1. The van der Waals surface area contributed by atoms with Crippen LogP contribution < -0.4 is 10.2 Å². The maximum atomic E-state index is 13.2. The number of amides is 3. The average Bonchev–Trinajstić information content (AvgIpc) is 3.48. The van der Waals surface area contributed by atoms with Crippen molar-refractivity contribution in [3.63, 3.8) is 0 Å². The number of hydrogen-bond acceptors (Lipinski definition) is 7. The van der Waals surface area contributed by atoms with Gasteiger partial charge in [-0.15, -0.1) is 10.2 Å². The Hall–Kier alpha value is -4.57. The van der Waals surface area contributed by atoms with Crippen molar-refractivity contribution in [1.82, 2.24) is 20.1 Å². The number of aromatic nitrogens is 3. The summed E-state index contributed by atoms with van der Waals surface area (Å²) in [5, 5.41) is 12.0. The molecule has 0 saturated heterocycles. The van der Waals surface area contributed by atoms with Crippen LogP contribution in [0.25, 0.3) is 5.69 Å². The van der Waals surface area contributed by atoms with Gasteiger partial charge in [0.15, 0.2) is 10.9 Å². The number of benzene rings is 3. The monoisotopic (exact) mass is 539 g/mol. The van der Waals surface area contributed by atoms with Gasteiger partial charge in [-0.1, -0.05) is 54.2 Å². The summed E-state index contributed by atoms with van der Waals surface area (Å²) in [4.78, 5) is 51.2. The van der Waals surface area contributed by atoms with Gasteiger partial charge < -0.3 is 5.32 Å². The third-order valence-corrected chi connectivity index (χ3v) is 7.15. The molecule has 0 bridgehead atoms. The Morgan fingerprint density at radius 3 is 2.21 bits per heavy atom. The van der Waals surface area contributed by atoms with Gasteiger partial charge in [0.1, 0.15) is 5.82 Å². The Labute approximate surface area is 229 Å². The fraction of sp³-hybridized carbons (Fsp3) is 0.172. The summed E-state index contributed by atoms with van der Waals surface area (Å²) in [6.45, 7) is 2.01. The van der Waals surface area contributed by atoms with Crippen molar-refractivity contribution in [3.05, 3.63) is 101 Å². The predicted molar refractivity (Wildman–Crippen MR) is 147 cm³/mol. The van der Waals surface area contributed by atoms with E-state index in [-0.39, 0.29) is 17.4 Å². The predicted octanol–water partition coefficient (Wildman–Crippen LogP) is 4.11. The van der Waals surface area contributed by atoms with E-state index in [9.17, 15) is 19.2 Å². The first-order chi connectivity index (χ1) is 18.9. The van der Waals surface area contributed by atoms with Crippen LogP contribution in [0, 0.1) is 0 Å². The molecule has 9 nitrogen and oxygen atoms in total. The molecule has 0 unspecified atom stereocenters. The molecule has 2 heterocycles. The lowest BCUT2D eigenvalue weighted by Gasteiger charge is -2.15. The lowest BCUT2D eigenvalue weighted by molar-refractivity contribution is -0.118. The van der Waals surface area contributed by atoms with E-state index in [1.807, 2.05) is 34.9 Å². The van der Waals surface area contributed by atoms with E-state index in [0.717, 1.165) is 16.4 Å². The van der Waals surface area contributed by atoms with Gasteiger partial charge in [0.2, 0.25) is 5.91 Å². The molecule has 39 heavy (non-hydrogen) atoms. The zero-order valence-electron chi connectivity index (χ0n) is 21.2. The van der Waals surface area contributed by atoms with Gasteiger partial charge >= 0.3 is 0 Å². The highest BCUT2D eigenvalue weighted by molar-refractivity contribution is 7.99. The topological polar surface area (TPSA) is 114 Å². The van der Waals surface area contributed by atoms with Crippen LogP contribution in [-0.4, -0.2) is 50.6 Å². The van der Waals surface area contributed by atoms with E-state index in [1.54, 1.807) is 48.5 Å². The molecule has 1 aliphatic rings. The van der Waals surface area contributed by atoms with Crippen molar-refractivity contribution in [3.8, 4) is 5.69 Å². The van der Waals surface area contributed by atoms with Gasteiger partial charge in [0.05, 0.1) is 22.6 Å². The number of rotatable bonds is 10. The van der Waals surface area contributed by atoms with Gasteiger partial charge in [-0.25, -0.2) is 4.90 Å². The van der Waals surface area contributed by atoms with E-state index >= 15 is 0 Å². The molecule has 0 saturated carbocycles. The quantitative estimate of drug-likeness (QED) is 0.140. The molecule has 1 aliphatic heterocycles. The van der Waals surface area contributed by atoms with Crippen LogP contribution in [0.15, 0.2) is 84.0 Å². The molecule has 10 heteroatoms. The van der Waals surface area contributed by atoms with Crippen molar-refractivity contribution < 1.29 is 19.2 Å². The Morgan fingerprint density at radius 1 is 0.846 bits per heavy atom. The third kappa shape index (κ3) is 5.51. The maximum Gasteiger partial charge on any atom is 0.266 e. The molecular weight excluding hydrogens is 514 g/mol. The van der Waals surface area contributed by atoms with Gasteiger partial charge in [-0.2, -0.15) is 0 Å². The van der Waals surface area contributed by atoms with E-state index in [4.69, 9.17) is 0 Å². The SMILES string of the molecule is CC(=O)NCCCc1nnc(SCC(=O)c2cccc(N3C(=O)c4ccccc4C3=O)c2)n1-c1ccccc1. The lowest BCUT2D eigenvalue weighted by Crippen LogP contribution is -2.29. The number of ketones is 1. The van der Waals surface area contributed by atoms with Crippen LogP contribution in [0.5, 0.6) is 0 Å². The smallest absolute Gasteiger partial charge is 0.266 e.